The first-order chi connectivity index (χ1) is 12.3. The molecule has 0 atom stereocenters. The van der Waals surface area contributed by atoms with Crippen LogP contribution in [0, 0.1) is 0 Å². The van der Waals surface area contributed by atoms with Crippen molar-refractivity contribution < 1.29 is 22.8 Å². The molecule has 1 fully saturated rings. The predicted molar refractivity (Wildman–Crippen MR) is 90.5 cm³/mol. The van der Waals surface area contributed by atoms with Gasteiger partial charge in [-0.2, -0.15) is 13.2 Å². The maximum atomic E-state index is 13.0. The molecule has 0 spiro atoms. The van der Waals surface area contributed by atoms with Gasteiger partial charge in [0.05, 0.1) is 11.3 Å². The summed E-state index contributed by atoms with van der Waals surface area (Å²) < 4.78 is 39.0. The van der Waals surface area contributed by atoms with Gasteiger partial charge >= 0.3 is 6.18 Å². The number of nitrogens with one attached hydrogen (secondary N) is 1. The molecule has 4 nitrogen and oxygen atoms in total. The minimum absolute atomic E-state index is 0.107. The number of carbonyl (C=O) groups excluding carboxylic acids is 2. The first-order valence-electron chi connectivity index (χ1n) is 8.19. The summed E-state index contributed by atoms with van der Waals surface area (Å²) in [5, 5.41) is 2.31. The molecule has 1 saturated heterocycles. The van der Waals surface area contributed by atoms with E-state index in [2.05, 4.69) is 5.32 Å². The molecular formula is C19H17F3N2O2. The largest absolute Gasteiger partial charge is 0.418 e. The van der Waals surface area contributed by atoms with Crippen LogP contribution in [0.5, 0.6) is 0 Å². The highest BCUT2D eigenvalue weighted by molar-refractivity contribution is 6.04. The third-order valence-corrected chi connectivity index (χ3v) is 4.24. The standard InChI is InChI=1S/C19H17F3N2O2/c20-19(21,22)15-4-1-2-5-16(15)23-18(26)14-9-7-13(8-10-14)12-24-11-3-6-17(24)25/h1-2,4-5,7-10H,3,6,11-12H2,(H,23,26). The topological polar surface area (TPSA) is 49.4 Å². The zero-order chi connectivity index (χ0) is 18.7. The van der Waals surface area contributed by atoms with Crippen molar-refractivity contribution in [3.05, 3.63) is 65.2 Å². The average molecular weight is 362 g/mol. The van der Waals surface area contributed by atoms with Gasteiger partial charge in [0.15, 0.2) is 0 Å². The minimum atomic E-state index is -4.55. The van der Waals surface area contributed by atoms with Crippen molar-refractivity contribution in [2.45, 2.75) is 25.6 Å². The summed E-state index contributed by atoms with van der Waals surface area (Å²) in [6.45, 7) is 1.19. The summed E-state index contributed by atoms with van der Waals surface area (Å²) in [6, 6.07) is 11.3. The number of anilines is 1. The summed E-state index contributed by atoms with van der Waals surface area (Å²) in [4.78, 5) is 25.6. The summed E-state index contributed by atoms with van der Waals surface area (Å²) in [6.07, 6.45) is -3.15. The molecule has 1 aliphatic rings. The molecule has 136 valence electrons. The van der Waals surface area contributed by atoms with Crippen LogP contribution >= 0.6 is 0 Å². The van der Waals surface area contributed by atoms with Crippen molar-refractivity contribution in [1.29, 1.82) is 0 Å². The van der Waals surface area contributed by atoms with Crippen LogP contribution in [0.25, 0.3) is 0 Å². The van der Waals surface area contributed by atoms with Gasteiger partial charge in [0.2, 0.25) is 5.91 Å². The third kappa shape index (κ3) is 4.04. The van der Waals surface area contributed by atoms with Gasteiger partial charge in [-0.25, -0.2) is 0 Å². The van der Waals surface area contributed by atoms with Gasteiger partial charge in [-0.05, 0) is 36.2 Å². The predicted octanol–water partition coefficient (Wildman–Crippen LogP) is 4.08. The summed E-state index contributed by atoms with van der Waals surface area (Å²) in [7, 11) is 0. The van der Waals surface area contributed by atoms with E-state index in [9.17, 15) is 22.8 Å². The number of rotatable bonds is 4. The average Bonchev–Trinajstić information content (AvgIpc) is 3.00. The third-order valence-electron chi connectivity index (χ3n) is 4.24. The Morgan fingerprint density at radius 3 is 2.38 bits per heavy atom. The Morgan fingerprint density at radius 2 is 1.77 bits per heavy atom. The summed E-state index contributed by atoms with van der Waals surface area (Å²) in [5.74, 6) is -0.513. The lowest BCUT2D eigenvalue weighted by Crippen LogP contribution is -2.23. The highest BCUT2D eigenvalue weighted by atomic mass is 19.4. The van der Waals surface area contributed by atoms with Crippen molar-refractivity contribution in [1.82, 2.24) is 4.90 Å². The summed E-state index contributed by atoms with van der Waals surface area (Å²) >= 11 is 0. The van der Waals surface area contributed by atoms with E-state index in [0.717, 1.165) is 24.6 Å². The van der Waals surface area contributed by atoms with Gasteiger partial charge in [0.25, 0.3) is 5.91 Å². The van der Waals surface area contributed by atoms with E-state index < -0.39 is 17.6 Å². The van der Waals surface area contributed by atoms with E-state index in [4.69, 9.17) is 0 Å². The highest BCUT2D eigenvalue weighted by Crippen LogP contribution is 2.34. The Hall–Kier alpha value is -2.83. The van der Waals surface area contributed by atoms with Crippen LogP contribution in [0.2, 0.25) is 0 Å². The van der Waals surface area contributed by atoms with Gasteiger partial charge < -0.3 is 10.2 Å². The normalized spacial score (nSPS) is 14.6. The van der Waals surface area contributed by atoms with E-state index >= 15 is 0 Å². The number of nitrogens with zero attached hydrogens (tertiary/aromatic N) is 1. The second-order valence-corrected chi connectivity index (χ2v) is 6.11. The van der Waals surface area contributed by atoms with Gasteiger partial charge in [-0.3, -0.25) is 9.59 Å². The number of hydrogen-bond donors (Lipinski definition) is 1. The molecule has 1 aliphatic heterocycles. The van der Waals surface area contributed by atoms with Crippen molar-refractivity contribution in [3.8, 4) is 0 Å². The second-order valence-electron chi connectivity index (χ2n) is 6.11. The Labute approximate surface area is 148 Å². The van der Waals surface area contributed by atoms with Crippen LogP contribution in [0.3, 0.4) is 0 Å². The fourth-order valence-corrected chi connectivity index (χ4v) is 2.89. The lowest BCUT2D eigenvalue weighted by Gasteiger charge is -2.16. The number of carbonyl (C=O) groups is 2. The maximum Gasteiger partial charge on any atom is 0.418 e. The highest BCUT2D eigenvalue weighted by Gasteiger charge is 2.33. The number of amides is 2. The number of para-hydroxylation sites is 1. The van der Waals surface area contributed by atoms with E-state index in [0.29, 0.717) is 13.0 Å². The smallest absolute Gasteiger partial charge is 0.338 e. The first kappa shape index (κ1) is 18.0. The molecule has 1 N–H and O–H groups in total. The van der Waals surface area contributed by atoms with E-state index in [-0.39, 0.29) is 17.2 Å². The van der Waals surface area contributed by atoms with Crippen LogP contribution in [0.4, 0.5) is 18.9 Å². The second kappa shape index (κ2) is 7.19. The molecule has 1 heterocycles. The molecule has 2 aromatic carbocycles. The maximum absolute atomic E-state index is 13.0. The molecule has 3 rings (SSSR count). The molecule has 0 aromatic heterocycles. The Morgan fingerprint density at radius 1 is 1.08 bits per heavy atom. The first-order valence-corrected chi connectivity index (χ1v) is 8.19. The number of benzene rings is 2. The molecule has 2 amide bonds. The van der Waals surface area contributed by atoms with E-state index in [1.807, 2.05) is 0 Å². The number of halogens is 3. The van der Waals surface area contributed by atoms with Crippen LogP contribution < -0.4 is 5.32 Å². The number of hydrogen-bond acceptors (Lipinski definition) is 2. The van der Waals surface area contributed by atoms with Gasteiger partial charge in [0.1, 0.15) is 0 Å². The Balaban J connectivity index is 1.70. The molecule has 0 saturated carbocycles. The molecule has 2 aromatic rings. The molecule has 26 heavy (non-hydrogen) atoms. The van der Waals surface area contributed by atoms with Crippen LogP contribution in [-0.4, -0.2) is 23.3 Å². The number of alkyl halides is 3. The zero-order valence-electron chi connectivity index (χ0n) is 13.8. The molecule has 0 aliphatic carbocycles. The lowest BCUT2D eigenvalue weighted by atomic mass is 10.1. The zero-order valence-corrected chi connectivity index (χ0v) is 13.8. The molecule has 7 heteroatoms. The van der Waals surface area contributed by atoms with Crippen molar-refractivity contribution in [3.63, 3.8) is 0 Å². The van der Waals surface area contributed by atoms with Crippen LogP contribution in [0.1, 0.15) is 34.3 Å². The minimum Gasteiger partial charge on any atom is -0.338 e. The Bertz CT molecular complexity index is 816. The van der Waals surface area contributed by atoms with Crippen LogP contribution in [-0.2, 0) is 17.5 Å². The summed E-state index contributed by atoms with van der Waals surface area (Å²) in [5.41, 5.74) is -0.0553. The fourth-order valence-electron chi connectivity index (χ4n) is 2.89. The van der Waals surface area contributed by atoms with Crippen molar-refractivity contribution in [2.24, 2.45) is 0 Å². The van der Waals surface area contributed by atoms with Gasteiger partial charge in [-0.15, -0.1) is 0 Å². The number of likely N-dealkylation sites (tertiary alicyclic amines) is 1. The SMILES string of the molecule is O=C(Nc1ccccc1C(F)(F)F)c1ccc(CN2CCCC2=O)cc1. The van der Waals surface area contributed by atoms with Crippen molar-refractivity contribution in [2.75, 3.05) is 11.9 Å². The molecule has 0 radical (unpaired) electrons. The van der Waals surface area contributed by atoms with E-state index in [1.54, 1.807) is 29.2 Å². The van der Waals surface area contributed by atoms with Crippen molar-refractivity contribution >= 4 is 17.5 Å². The van der Waals surface area contributed by atoms with Gasteiger partial charge in [0, 0.05) is 25.1 Å². The van der Waals surface area contributed by atoms with Crippen LogP contribution in [0.15, 0.2) is 48.5 Å². The molecule has 0 bridgehead atoms. The van der Waals surface area contributed by atoms with E-state index in [1.165, 1.54) is 18.2 Å². The monoisotopic (exact) mass is 362 g/mol. The Kier molecular flexibility index (Phi) is 4.97. The van der Waals surface area contributed by atoms with Gasteiger partial charge in [-0.1, -0.05) is 24.3 Å². The molecular weight excluding hydrogens is 345 g/mol. The quantitative estimate of drug-likeness (QED) is 0.891. The fraction of sp³-hybridized carbons (Fsp3) is 0.263. The molecule has 0 unspecified atom stereocenters. The lowest BCUT2D eigenvalue weighted by molar-refractivity contribution is -0.137.